The van der Waals surface area contributed by atoms with Crippen LogP contribution in [0.25, 0.3) is 0 Å². The van der Waals surface area contributed by atoms with Crippen molar-refractivity contribution in [1.82, 2.24) is 8.61 Å². The fourth-order valence-electron chi connectivity index (χ4n) is 0.883. The molecule has 0 aliphatic heterocycles. The Kier molecular flexibility index (Phi) is 4.49. The predicted molar refractivity (Wildman–Crippen MR) is 61.3 cm³/mol. The summed E-state index contributed by atoms with van der Waals surface area (Å²) in [6.45, 7) is 6.14. The van der Waals surface area contributed by atoms with E-state index in [1.807, 2.05) is 0 Å². The summed E-state index contributed by atoms with van der Waals surface area (Å²) in [5, 5.41) is 8.97. The van der Waals surface area contributed by atoms with Gasteiger partial charge in [0.15, 0.2) is 0 Å². The van der Waals surface area contributed by atoms with Crippen LogP contribution >= 0.6 is 0 Å². The van der Waals surface area contributed by atoms with Gasteiger partial charge in [-0.1, -0.05) is 0 Å². The van der Waals surface area contributed by atoms with E-state index in [0.717, 1.165) is 8.61 Å². The Morgan fingerprint density at radius 2 is 1.62 bits per heavy atom. The highest BCUT2D eigenvalue weighted by atomic mass is 32.2. The van der Waals surface area contributed by atoms with Crippen LogP contribution in [0.15, 0.2) is 0 Å². The molecule has 0 bridgehead atoms. The molecular formula is C9H20N2O4S. The van der Waals surface area contributed by atoms with E-state index in [2.05, 4.69) is 0 Å². The Morgan fingerprint density at radius 3 is 1.88 bits per heavy atom. The maximum atomic E-state index is 12.0. The molecule has 0 atom stereocenters. The molecule has 0 saturated carbocycles. The molecule has 0 radical (unpaired) electrons. The van der Waals surface area contributed by atoms with Gasteiger partial charge in [-0.05, 0) is 27.7 Å². The normalized spacial score (nSPS) is 13.8. The standard InChI is InChI=1S/C9H20N2O4S/c1-7(2)10(5)16(14,15)11(6)9(3,4)8(12)13/h7H,1-6H3,(H,12,13). The molecule has 0 aromatic heterocycles. The molecule has 7 heteroatoms. The van der Waals surface area contributed by atoms with E-state index < -0.39 is 21.7 Å². The van der Waals surface area contributed by atoms with E-state index in [1.165, 1.54) is 27.9 Å². The lowest BCUT2D eigenvalue weighted by molar-refractivity contribution is -0.146. The second-order valence-electron chi connectivity index (χ2n) is 4.45. The minimum Gasteiger partial charge on any atom is -0.480 e. The van der Waals surface area contributed by atoms with Crippen LogP contribution in [0.2, 0.25) is 0 Å². The summed E-state index contributed by atoms with van der Waals surface area (Å²) in [5.41, 5.74) is -1.47. The van der Waals surface area contributed by atoms with Crippen molar-refractivity contribution in [3.8, 4) is 0 Å². The van der Waals surface area contributed by atoms with Crippen LogP contribution < -0.4 is 0 Å². The molecule has 0 rings (SSSR count). The van der Waals surface area contributed by atoms with Gasteiger partial charge in [-0.2, -0.15) is 17.0 Å². The first-order chi connectivity index (χ1) is 6.95. The third-order valence-corrected chi connectivity index (χ3v) is 5.05. The number of hydrogen-bond donors (Lipinski definition) is 1. The topological polar surface area (TPSA) is 77.9 Å². The molecule has 0 fully saturated rings. The first kappa shape index (κ1) is 15.3. The van der Waals surface area contributed by atoms with Crippen molar-refractivity contribution < 1.29 is 18.3 Å². The summed E-state index contributed by atoms with van der Waals surface area (Å²) >= 11 is 0. The van der Waals surface area contributed by atoms with Gasteiger partial charge in [-0.25, -0.2) is 0 Å². The smallest absolute Gasteiger partial charge is 0.324 e. The number of rotatable bonds is 5. The van der Waals surface area contributed by atoms with Gasteiger partial charge in [0.2, 0.25) is 0 Å². The Hall–Kier alpha value is -0.660. The molecule has 96 valence electrons. The predicted octanol–water partition coefficient (Wildman–Crippen LogP) is 0.366. The lowest BCUT2D eigenvalue weighted by atomic mass is 10.1. The van der Waals surface area contributed by atoms with Crippen LogP contribution in [0, 0.1) is 0 Å². The number of carbonyl (C=O) groups is 1. The second-order valence-corrected chi connectivity index (χ2v) is 6.47. The van der Waals surface area contributed by atoms with Crippen LogP contribution in [0.1, 0.15) is 27.7 Å². The van der Waals surface area contributed by atoms with E-state index in [4.69, 9.17) is 5.11 Å². The molecule has 0 amide bonds. The first-order valence-electron chi connectivity index (χ1n) is 4.91. The molecule has 0 spiro atoms. The summed E-state index contributed by atoms with van der Waals surface area (Å²) in [7, 11) is -1.06. The fourth-order valence-corrected chi connectivity index (χ4v) is 2.46. The molecule has 0 aromatic carbocycles. The van der Waals surface area contributed by atoms with Crippen molar-refractivity contribution in [2.24, 2.45) is 0 Å². The summed E-state index contributed by atoms with van der Waals surface area (Å²) in [4.78, 5) is 11.0. The Morgan fingerprint density at radius 1 is 1.25 bits per heavy atom. The van der Waals surface area contributed by atoms with Crippen molar-refractivity contribution in [2.75, 3.05) is 14.1 Å². The monoisotopic (exact) mass is 252 g/mol. The Balaban J connectivity index is 5.28. The van der Waals surface area contributed by atoms with E-state index in [1.54, 1.807) is 13.8 Å². The molecule has 6 nitrogen and oxygen atoms in total. The lowest BCUT2D eigenvalue weighted by Crippen LogP contribution is -2.55. The lowest BCUT2D eigenvalue weighted by Gasteiger charge is -2.34. The van der Waals surface area contributed by atoms with Crippen LogP contribution in [0.3, 0.4) is 0 Å². The quantitative estimate of drug-likeness (QED) is 0.766. The number of nitrogens with zero attached hydrogens (tertiary/aromatic N) is 2. The summed E-state index contributed by atoms with van der Waals surface area (Å²) in [5.74, 6) is -1.18. The van der Waals surface area contributed by atoms with Gasteiger partial charge in [0.25, 0.3) is 10.2 Å². The van der Waals surface area contributed by atoms with E-state index in [0.29, 0.717) is 0 Å². The Bertz CT molecular complexity index is 362. The minimum absolute atomic E-state index is 0.225. The van der Waals surface area contributed by atoms with Crippen molar-refractivity contribution in [3.05, 3.63) is 0 Å². The zero-order valence-corrected chi connectivity index (χ0v) is 11.4. The molecule has 0 saturated heterocycles. The average Bonchev–Trinajstić information content (AvgIpc) is 2.14. The highest BCUT2D eigenvalue weighted by molar-refractivity contribution is 7.86. The van der Waals surface area contributed by atoms with Gasteiger partial charge in [0.05, 0.1) is 0 Å². The largest absolute Gasteiger partial charge is 0.480 e. The maximum absolute atomic E-state index is 12.0. The molecule has 0 unspecified atom stereocenters. The number of aliphatic carboxylic acids is 1. The highest BCUT2D eigenvalue weighted by Crippen LogP contribution is 2.19. The van der Waals surface area contributed by atoms with E-state index in [9.17, 15) is 13.2 Å². The van der Waals surface area contributed by atoms with Crippen LogP contribution in [-0.4, -0.2) is 53.8 Å². The summed E-state index contributed by atoms with van der Waals surface area (Å²) < 4.78 is 26.0. The average molecular weight is 252 g/mol. The molecule has 0 aliphatic carbocycles. The summed E-state index contributed by atoms with van der Waals surface area (Å²) in [6, 6.07) is -0.225. The van der Waals surface area contributed by atoms with Crippen molar-refractivity contribution in [3.63, 3.8) is 0 Å². The van der Waals surface area contributed by atoms with Crippen LogP contribution in [-0.2, 0) is 15.0 Å². The Labute approximate surface area is 97.0 Å². The van der Waals surface area contributed by atoms with E-state index in [-0.39, 0.29) is 6.04 Å². The number of hydrogen-bond acceptors (Lipinski definition) is 3. The number of carboxylic acid groups (broad SMARTS) is 1. The van der Waals surface area contributed by atoms with Crippen LogP contribution in [0.4, 0.5) is 0 Å². The van der Waals surface area contributed by atoms with Gasteiger partial charge in [0, 0.05) is 20.1 Å². The van der Waals surface area contributed by atoms with Crippen molar-refractivity contribution in [2.45, 2.75) is 39.3 Å². The molecule has 0 aliphatic rings. The van der Waals surface area contributed by atoms with Gasteiger partial charge in [-0.3, -0.25) is 4.79 Å². The van der Waals surface area contributed by atoms with Gasteiger partial charge < -0.3 is 5.11 Å². The number of likely N-dealkylation sites (N-methyl/N-ethyl adjacent to an activating group) is 1. The molecule has 16 heavy (non-hydrogen) atoms. The maximum Gasteiger partial charge on any atom is 0.324 e. The van der Waals surface area contributed by atoms with E-state index >= 15 is 0 Å². The third-order valence-electron chi connectivity index (χ3n) is 2.75. The number of carboxylic acids is 1. The van der Waals surface area contributed by atoms with Gasteiger partial charge in [-0.15, -0.1) is 0 Å². The summed E-state index contributed by atoms with van der Waals surface area (Å²) in [6.07, 6.45) is 0. The highest BCUT2D eigenvalue weighted by Gasteiger charge is 2.41. The molecule has 0 heterocycles. The zero-order chi connectivity index (χ0) is 13.3. The zero-order valence-electron chi connectivity index (χ0n) is 10.6. The third kappa shape index (κ3) is 2.72. The van der Waals surface area contributed by atoms with Crippen molar-refractivity contribution in [1.29, 1.82) is 0 Å². The second kappa shape index (κ2) is 4.68. The van der Waals surface area contributed by atoms with Gasteiger partial charge >= 0.3 is 5.97 Å². The van der Waals surface area contributed by atoms with Gasteiger partial charge in [0.1, 0.15) is 5.54 Å². The fraction of sp³-hybridized carbons (Fsp3) is 0.889. The molecular weight excluding hydrogens is 232 g/mol. The van der Waals surface area contributed by atoms with Crippen molar-refractivity contribution >= 4 is 16.2 Å². The molecule has 0 aromatic rings. The first-order valence-corrected chi connectivity index (χ1v) is 6.30. The SMILES string of the molecule is CC(C)N(C)S(=O)(=O)N(C)C(C)(C)C(=O)O. The minimum atomic E-state index is -3.76. The molecule has 1 N–H and O–H groups in total. The van der Waals surface area contributed by atoms with Crippen LogP contribution in [0.5, 0.6) is 0 Å².